The van der Waals surface area contributed by atoms with Crippen LogP contribution in [0.15, 0.2) is 18.2 Å². The Morgan fingerprint density at radius 1 is 1.37 bits per heavy atom. The topological polar surface area (TPSA) is 41.6 Å². The first-order chi connectivity index (χ1) is 9.19. The van der Waals surface area contributed by atoms with Crippen molar-refractivity contribution in [3.63, 3.8) is 0 Å². The second-order valence-electron chi connectivity index (χ2n) is 5.06. The number of ether oxygens (including phenoxy) is 1. The highest BCUT2D eigenvalue weighted by molar-refractivity contribution is 5.83. The summed E-state index contributed by atoms with van der Waals surface area (Å²) in [5.41, 5.74) is 2.15. The fourth-order valence-electron chi connectivity index (χ4n) is 2.43. The minimum absolute atomic E-state index is 0.255. The highest BCUT2D eigenvalue weighted by Crippen LogP contribution is 2.20. The minimum atomic E-state index is 0.255. The summed E-state index contributed by atoms with van der Waals surface area (Å²) in [5, 5.41) is 3.29. The molecule has 1 fully saturated rings. The fraction of sp³-hybridized carbons (Fsp3) is 0.533. The number of nitrogens with one attached hydrogen (secondary N) is 1. The lowest BCUT2D eigenvalue weighted by Crippen LogP contribution is -2.45. The van der Waals surface area contributed by atoms with Crippen molar-refractivity contribution in [1.82, 2.24) is 10.2 Å². The Balaban J connectivity index is 1.95. The van der Waals surface area contributed by atoms with Crippen LogP contribution in [0, 0.1) is 6.92 Å². The molecule has 1 aliphatic heterocycles. The molecule has 1 aromatic rings. The van der Waals surface area contributed by atoms with Crippen molar-refractivity contribution in [2.24, 2.45) is 0 Å². The standard InChI is InChI=1S/C15H22N2O2/c1-12-3-4-15(19-2)13(9-12)10-14(18)11-17-7-5-16-6-8-17/h3-4,9,16H,5-8,10-11H2,1-2H3. The van der Waals surface area contributed by atoms with E-state index in [9.17, 15) is 4.79 Å². The Hall–Kier alpha value is -1.39. The number of hydrogen-bond acceptors (Lipinski definition) is 4. The van der Waals surface area contributed by atoms with E-state index in [-0.39, 0.29) is 5.78 Å². The summed E-state index contributed by atoms with van der Waals surface area (Å²) >= 11 is 0. The zero-order chi connectivity index (χ0) is 13.7. The average Bonchev–Trinajstić information content (AvgIpc) is 2.40. The highest BCUT2D eigenvalue weighted by atomic mass is 16.5. The number of rotatable bonds is 5. The van der Waals surface area contributed by atoms with Gasteiger partial charge in [0.2, 0.25) is 0 Å². The molecule has 2 rings (SSSR count). The summed E-state index contributed by atoms with van der Waals surface area (Å²) < 4.78 is 5.32. The molecule has 0 unspecified atom stereocenters. The summed E-state index contributed by atoms with van der Waals surface area (Å²) in [5.74, 6) is 1.06. The molecule has 19 heavy (non-hydrogen) atoms. The molecule has 0 aliphatic carbocycles. The number of methoxy groups -OCH3 is 1. The van der Waals surface area contributed by atoms with Gasteiger partial charge in [0.25, 0.3) is 0 Å². The molecule has 1 N–H and O–H groups in total. The number of nitrogens with zero attached hydrogens (tertiary/aromatic N) is 1. The Morgan fingerprint density at radius 3 is 2.79 bits per heavy atom. The molecule has 1 aliphatic rings. The number of carbonyl (C=O) groups is 1. The van der Waals surface area contributed by atoms with Gasteiger partial charge in [-0.1, -0.05) is 17.7 Å². The third kappa shape index (κ3) is 4.04. The third-order valence-corrected chi connectivity index (χ3v) is 3.43. The van der Waals surface area contributed by atoms with E-state index >= 15 is 0 Å². The van der Waals surface area contributed by atoms with E-state index in [1.807, 2.05) is 25.1 Å². The molecule has 0 atom stereocenters. The number of piperazine rings is 1. The monoisotopic (exact) mass is 262 g/mol. The SMILES string of the molecule is COc1ccc(C)cc1CC(=O)CN1CCNCC1. The van der Waals surface area contributed by atoms with Gasteiger partial charge in [0.05, 0.1) is 13.7 Å². The van der Waals surface area contributed by atoms with Crippen molar-refractivity contribution in [2.45, 2.75) is 13.3 Å². The van der Waals surface area contributed by atoms with Crippen molar-refractivity contribution < 1.29 is 9.53 Å². The van der Waals surface area contributed by atoms with Crippen LogP contribution in [-0.4, -0.2) is 50.5 Å². The molecule has 0 radical (unpaired) electrons. The second kappa shape index (κ2) is 6.68. The van der Waals surface area contributed by atoms with E-state index in [0.29, 0.717) is 13.0 Å². The molecule has 0 amide bonds. The maximum Gasteiger partial charge on any atom is 0.151 e. The molecule has 1 saturated heterocycles. The van der Waals surface area contributed by atoms with Gasteiger partial charge in [-0.2, -0.15) is 0 Å². The van der Waals surface area contributed by atoms with E-state index in [0.717, 1.165) is 43.1 Å². The smallest absolute Gasteiger partial charge is 0.151 e. The van der Waals surface area contributed by atoms with Crippen LogP contribution in [0.5, 0.6) is 5.75 Å². The van der Waals surface area contributed by atoms with Crippen LogP contribution >= 0.6 is 0 Å². The van der Waals surface area contributed by atoms with E-state index in [2.05, 4.69) is 10.2 Å². The van der Waals surface area contributed by atoms with Gasteiger partial charge in [-0.05, 0) is 13.0 Å². The second-order valence-corrected chi connectivity index (χ2v) is 5.06. The molecular weight excluding hydrogens is 240 g/mol. The summed E-state index contributed by atoms with van der Waals surface area (Å²) in [4.78, 5) is 14.4. The largest absolute Gasteiger partial charge is 0.496 e. The number of Topliss-reactive ketones (excluding diaryl/α,β-unsaturated/α-hetero) is 1. The first-order valence-electron chi connectivity index (χ1n) is 6.77. The van der Waals surface area contributed by atoms with Crippen molar-refractivity contribution in [3.05, 3.63) is 29.3 Å². The van der Waals surface area contributed by atoms with Gasteiger partial charge in [-0.25, -0.2) is 0 Å². The van der Waals surface area contributed by atoms with Gasteiger partial charge in [0.15, 0.2) is 5.78 Å². The predicted molar refractivity (Wildman–Crippen MR) is 75.8 cm³/mol. The number of carbonyl (C=O) groups excluding carboxylic acids is 1. The molecule has 0 aromatic heterocycles. The van der Waals surface area contributed by atoms with Gasteiger partial charge < -0.3 is 10.1 Å². The number of hydrogen-bond donors (Lipinski definition) is 1. The van der Waals surface area contributed by atoms with Crippen molar-refractivity contribution in [3.8, 4) is 5.75 Å². The molecule has 0 spiro atoms. The number of ketones is 1. The number of benzene rings is 1. The van der Waals surface area contributed by atoms with Gasteiger partial charge >= 0.3 is 0 Å². The third-order valence-electron chi connectivity index (χ3n) is 3.43. The molecule has 104 valence electrons. The van der Waals surface area contributed by atoms with Crippen LogP contribution in [-0.2, 0) is 11.2 Å². The average molecular weight is 262 g/mol. The van der Waals surface area contributed by atoms with Gasteiger partial charge in [0.1, 0.15) is 5.75 Å². The summed E-state index contributed by atoms with van der Waals surface area (Å²) in [6.45, 7) is 6.43. The zero-order valence-electron chi connectivity index (χ0n) is 11.7. The Labute approximate surface area is 114 Å². The Kier molecular flexibility index (Phi) is 4.93. The maximum absolute atomic E-state index is 12.1. The molecule has 0 saturated carbocycles. The molecule has 4 nitrogen and oxygen atoms in total. The quantitative estimate of drug-likeness (QED) is 0.860. The van der Waals surface area contributed by atoms with Crippen LogP contribution in [0.2, 0.25) is 0 Å². The fourth-order valence-corrected chi connectivity index (χ4v) is 2.43. The Morgan fingerprint density at radius 2 is 2.11 bits per heavy atom. The van der Waals surface area contributed by atoms with Gasteiger partial charge in [-0.15, -0.1) is 0 Å². The first-order valence-corrected chi connectivity index (χ1v) is 6.77. The maximum atomic E-state index is 12.1. The van der Waals surface area contributed by atoms with Crippen LogP contribution in [0.4, 0.5) is 0 Å². The van der Waals surface area contributed by atoms with E-state index in [1.165, 1.54) is 0 Å². The molecule has 1 aromatic carbocycles. The molecule has 0 bridgehead atoms. The van der Waals surface area contributed by atoms with E-state index in [4.69, 9.17) is 4.74 Å². The van der Waals surface area contributed by atoms with Crippen LogP contribution in [0.3, 0.4) is 0 Å². The first kappa shape index (κ1) is 14.0. The van der Waals surface area contributed by atoms with Crippen LogP contribution in [0.1, 0.15) is 11.1 Å². The lowest BCUT2D eigenvalue weighted by molar-refractivity contribution is -0.119. The molecular formula is C15H22N2O2. The van der Waals surface area contributed by atoms with Crippen molar-refractivity contribution in [1.29, 1.82) is 0 Å². The summed E-state index contributed by atoms with van der Waals surface area (Å²) in [6, 6.07) is 5.97. The van der Waals surface area contributed by atoms with E-state index in [1.54, 1.807) is 7.11 Å². The number of aryl methyl sites for hydroxylation is 1. The lowest BCUT2D eigenvalue weighted by atomic mass is 10.0. The van der Waals surface area contributed by atoms with E-state index < -0.39 is 0 Å². The minimum Gasteiger partial charge on any atom is -0.496 e. The lowest BCUT2D eigenvalue weighted by Gasteiger charge is -2.26. The normalized spacial score (nSPS) is 16.3. The van der Waals surface area contributed by atoms with Crippen LogP contribution < -0.4 is 10.1 Å². The Bertz CT molecular complexity index is 440. The summed E-state index contributed by atoms with van der Waals surface area (Å²) in [6.07, 6.45) is 0.453. The predicted octanol–water partition coefficient (Wildman–Crippen LogP) is 1.02. The highest BCUT2D eigenvalue weighted by Gasteiger charge is 2.15. The van der Waals surface area contributed by atoms with Crippen molar-refractivity contribution in [2.75, 3.05) is 39.8 Å². The van der Waals surface area contributed by atoms with Gasteiger partial charge in [-0.3, -0.25) is 9.69 Å². The van der Waals surface area contributed by atoms with Crippen LogP contribution in [0.25, 0.3) is 0 Å². The zero-order valence-corrected chi connectivity index (χ0v) is 11.7. The molecule has 4 heteroatoms. The molecule has 1 heterocycles. The van der Waals surface area contributed by atoms with Gasteiger partial charge in [0, 0.05) is 38.2 Å². The van der Waals surface area contributed by atoms with Crippen molar-refractivity contribution >= 4 is 5.78 Å². The summed E-state index contributed by atoms with van der Waals surface area (Å²) in [7, 11) is 1.65.